The SMILES string of the molecule is C[C@]1(CCc2ccc(OC(F)F)cc2)NC(=O)NC1=O. The van der Waals surface area contributed by atoms with Gasteiger partial charge < -0.3 is 10.1 Å². The minimum absolute atomic E-state index is 0.0851. The summed E-state index contributed by atoms with van der Waals surface area (Å²) in [6, 6.07) is 5.68. The van der Waals surface area contributed by atoms with Gasteiger partial charge >= 0.3 is 12.6 Å². The molecule has 1 aromatic rings. The second kappa shape index (κ2) is 5.44. The summed E-state index contributed by atoms with van der Waals surface area (Å²) in [6.45, 7) is -1.21. The number of urea groups is 1. The van der Waals surface area contributed by atoms with Crippen LogP contribution in [0, 0.1) is 0 Å². The zero-order chi connectivity index (χ0) is 14.8. The number of nitrogens with one attached hydrogen (secondary N) is 2. The van der Waals surface area contributed by atoms with Crippen molar-refractivity contribution >= 4 is 11.9 Å². The predicted octanol–water partition coefficient (Wildman–Crippen LogP) is 1.82. The van der Waals surface area contributed by atoms with E-state index in [1.807, 2.05) is 0 Å². The van der Waals surface area contributed by atoms with Crippen LogP contribution in [0.2, 0.25) is 0 Å². The van der Waals surface area contributed by atoms with Gasteiger partial charge in [0.25, 0.3) is 5.91 Å². The molecule has 0 spiro atoms. The monoisotopic (exact) mass is 284 g/mol. The van der Waals surface area contributed by atoms with Gasteiger partial charge in [0.05, 0.1) is 0 Å². The Bertz CT molecular complexity index is 519. The number of carbonyl (C=O) groups is 2. The van der Waals surface area contributed by atoms with E-state index in [0.717, 1.165) is 5.56 Å². The number of imide groups is 1. The summed E-state index contributed by atoms with van der Waals surface area (Å²) in [7, 11) is 0. The molecule has 5 nitrogen and oxygen atoms in total. The van der Waals surface area contributed by atoms with Crippen molar-refractivity contribution in [3.63, 3.8) is 0 Å². The van der Waals surface area contributed by atoms with Crippen molar-refractivity contribution in [1.82, 2.24) is 10.6 Å². The number of alkyl halides is 2. The van der Waals surface area contributed by atoms with Crippen LogP contribution in [-0.2, 0) is 11.2 Å². The van der Waals surface area contributed by atoms with Crippen LogP contribution in [0.25, 0.3) is 0 Å². The van der Waals surface area contributed by atoms with Crippen molar-refractivity contribution < 1.29 is 23.1 Å². The molecule has 1 aromatic carbocycles. The molecule has 0 aliphatic carbocycles. The quantitative estimate of drug-likeness (QED) is 0.810. The Morgan fingerprint density at radius 2 is 1.90 bits per heavy atom. The molecule has 1 fully saturated rings. The molecule has 0 bridgehead atoms. The maximum Gasteiger partial charge on any atom is 0.387 e. The summed E-state index contributed by atoms with van der Waals surface area (Å²) in [5.41, 5.74) is -0.0725. The van der Waals surface area contributed by atoms with Gasteiger partial charge in [-0.25, -0.2) is 4.79 Å². The number of benzene rings is 1. The number of aryl methyl sites for hydroxylation is 1. The molecule has 3 amide bonds. The van der Waals surface area contributed by atoms with Crippen molar-refractivity contribution in [2.45, 2.75) is 31.9 Å². The van der Waals surface area contributed by atoms with Gasteiger partial charge in [0.1, 0.15) is 11.3 Å². The highest BCUT2D eigenvalue weighted by atomic mass is 19.3. The lowest BCUT2D eigenvalue weighted by Crippen LogP contribution is -2.43. The van der Waals surface area contributed by atoms with Gasteiger partial charge in [-0.05, 0) is 37.5 Å². The second-order valence-corrected chi connectivity index (χ2v) is 4.76. The number of rotatable bonds is 5. The summed E-state index contributed by atoms with van der Waals surface area (Å²) in [4.78, 5) is 22.7. The summed E-state index contributed by atoms with van der Waals surface area (Å²) >= 11 is 0. The second-order valence-electron chi connectivity index (χ2n) is 4.76. The van der Waals surface area contributed by atoms with Gasteiger partial charge in [-0.1, -0.05) is 12.1 Å². The van der Waals surface area contributed by atoms with Gasteiger partial charge in [-0.3, -0.25) is 10.1 Å². The molecule has 1 atom stereocenters. The Balaban J connectivity index is 1.94. The molecule has 1 aliphatic heterocycles. The highest BCUT2D eigenvalue weighted by Gasteiger charge is 2.41. The van der Waals surface area contributed by atoms with Gasteiger partial charge in [0.2, 0.25) is 0 Å². The van der Waals surface area contributed by atoms with E-state index in [4.69, 9.17) is 0 Å². The summed E-state index contributed by atoms with van der Waals surface area (Å²) in [5.74, 6) is -0.276. The maximum atomic E-state index is 12.0. The van der Waals surface area contributed by atoms with Gasteiger partial charge in [-0.2, -0.15) is 8.78 Å². The third-order valence-corrected chi connectivity index (χ3v) is 3.18. The minimum Gasteiger partial charge on any atom is -0.435 e. The predicted molar refractivity (Wildman–Crippen MR) is 66.5 cm³/mol. The fourth-order valence-corrected chi connectivity index (χ4v) is 1.99. The Morgan fingerprint density at radius 3 is 2.40 bits per heavy atom. The molecule has 0 saturated carbocycles. The third kappa shape index (κ3) is 3.23. The van der Waals surface area contributed by atoms with Crippen molar-refractivity contribution in [3.05, 3.63) is 29.8 Å². The van der Waals surface area contributed by atoms with Crippen LogP contribution in [0.15, 0.2) is 24.3 Å². The molecule has 0 aromatic heterocycles. The number of halogens is 2. The van der Waals surface area contributed by atoms with E-state index in [0.29, 0.717) is 12.8 Å². The zero-order valence-electron chi connectivity index (χ0n) is 10.8. The fraction of sp³-hybridized carbons (Fsp3) is 0.385. The molecule has 1 aliphatic rings. The van der Waals surface area contributed by atoms with Crippen LogP contribution in [0.1, 0.15) is 18.9 Å². The van der Waals surface area contributed by atoms with Crippen LogP contribution in [0.5, 0.6) is 5.75 Å². The maximum absolute atomic E-state index is 12.0. The molecule has 1 saturated heterocycles. The summed E-state index contributed by atoms with van der Waals surface area (Å²) in [6.07, 6.45) is 0.943. The molecule has 108 valence electrons. The molecule has 2 rings (SSSR count). The number of amides is 3. The molecule has 20 heavy (non-hydrogen) atoms. The molecule has 0 unspecified atom stereocenters. The van der Waals surface area contributed by atoms with Crippen LogP contribution in [0.4, 0.5) is 13.6 Å². The van der Waals surface area contributed by atoms with Crippen molar-refractivity contribution in [1.29, 1.82) is 0 Å². The molecule has 2 N–H and O–H groups in total. The highest BCUT2D eigenvalue weighted by Crippen LogP contribution is 2.20. The van der Waals surface area contributed by atoms with Gasteiger partial charge in [-0.15, -0.1) is 0 Å². The van der Waals surface area contributed by atoms with Crippen LogP contribution in [0.3, 0.4) is 0 Å². The fourth-order valence-electron chi connectivity index (χ4n) is 1.99. The van der Waals surface area contributed by atoms with Crippen molar-refractivity contribution in [2.75, 3.05) is 0 Å². The molecule has 1 heterocycles. The summed E-state index contributed by atoms with van der Waals surface area (Å²) in [5, 5.41) is 4.75. The zero-order valence-corrected chi connectivity index (χ0v) is 10.8. The van der Waals surface area contributed by atoms with E-state index < -0.39 is 18.2 Å². The van der Waals surface area contributed by atoms with Gasteiger partial charge in [0, 0.05) is 0 Å². The lowest BCUT2D eigenvalue weighted by Gasteiger charge is -2.20. The standard InChI is InChI=1S/C13H14F2N2O3/c1-13(10(18)16-12(19)17-13)7-6-8-2-4-9(5-3-8)20-11(14)15/h2-5,11H,6-7H2,1H3,(H2,16,17,18,19)/t13-/m1/s1. The lowest BCUT2D eigenvalue weighted by molar-refractivity contribution is -0.123. The van der Waals surface area contributed by atoms with E-state index in [1.165, 1.54) is 12.1 Å². The molecular weight excluding hydrogens is 270 g/mol. The van der Waals surface area contributed by atoms with E-state index in [9.17, 15) is 18.4 Å². The van der Waals surface area contributed by atoms with E-state index in [-0.39, 0.29) is 11.7 Å². The first-order valence-corrected chi connectivity index (χ1v) is 6.06. The molecule has 0 radical (unpaired) electrons. The number of carbonyl (C=O) groups excluding carboxylic acids is 2. The van der Waals surface area contributed by atoms with E-state index >= 15 is 0 Å². The molecule has 7 heteroatoms. The van der Waals surface area contributed by atoms with Crippen molar-refractivity contribution in [3.8, 4) is 5.75 Å². The van der Waals surface area contributed by atoms with Crippen molar-refractivity contribution in [2.24, 2.45) is 0 Å². The number of hydrogen-bond acceptors (Lipinski definition) is 3. The third-order valence-electron chi connectivity index (χ3n) is 3.18. The Labute approximate surface area is 114 Å². The Hall–Kier alpha value is -2.18. The molecular formula is C13H14F2N2O3. The first-order valence-electron chi connectivity index (χ1n) is 6.06. The van der Waals surface area contributed by atoms with E-state index in [2.05, 4.69) is 15.4 Å². The highest BCUT2D eigenvalue weighted by molar-refractivity contribution is 6.06. The normalized spacial score (nSPS) is 21.8. The average molecular weight is 284 g/mol. The topological polar surface area (TPSA) is 67.4 Å². The Morgan fingerprint density at radius 1 is 1.25 bits per heavy atom. The largest absolute Gasteiger partial charge is 0.435 e. The first kappa shape index (κ1) is 14.2. The number of ether oxygens (including phenoxy) is 1. The number of hydrogen-bond donors (Lipinski definition) is 2. The van der Waals surface area contributed by atoms with Gasteiger partial charge in [0.15, 0.2) is 0 Å². The first-order chi connectivity index (χ1) is 9.39. The van der Waals surface area contributed by atoms with Crippen LogP contribution >= 0.6 is 0 Å². The van der Waals surface area contributed by atoms with Crippen LogP contribution < -0.4 is 15.4 Å². The van der Waals surface area contributed by atoms with E-state index in [1.54, 1.807) is 19.1 Å². The average Bonchev–Trinajstić information content (AvgIpc) is 2.62. The Kier molecular flexibility index (Phi) is 3.87. The lowest BCUT2D eigenvalue weighted by atomic mass is 9.93. The summed E-state index contributed by atoms with van der Waals surface area (Å²) < 4.78 is 28.2. The van der Waals surface area contributed by atoms with Crippen LogP contribution in [-0.4, -0.2) is 24.1 Å². The minimum atomic E-state index is -2.85. The smallest absolute Gasteiger partial charge is 0.387 e.